The first-order valence-corrected chi connectivity index (χ1v) is 12.0. The second kappa shape index (κ2) is 8.86. The first-order valence-electron chi connectivity index (χ1n) is 12.0. The lowest BCUT2D eigenvalue weighted by atomic mass is 10.0. The standard InChI is InChI=1S/C25H27F4N5O3/c1-14(15-5-4-6-17(19(15)26)25(27,28)29)30-21-16-13-34(24(2)7-8-24)23(36)20(33-9-11-37-12-10-33)18(16)22(35)32(3)31-21/h4-6,13-14H,7-12H2,1-3H3,(H,30,31)/t14-/m1/s1. The van der Waals surface area contributed by atoms with Crippen molar-refractivity contribution in [3.05, 3.63) is 62.0 Å². The fourth-order valence-corrected chi connectivity index (χ4v) is 4.80. The second-order valence-corrected chi connectivity index (χ2v) is 9.89. The molecule has 0 radical (unpaired) electrons. The number of fused-ring (bicyclic) bond motifs is 1. The Morgan fingerprint density at radius 3 is 2.43 bits per heavy atom. The summed E-state index contributed by atoms with van der Waals surface area (Å²) in [4.78, 5) is 28.8. The number of halogens is 4. The minimum Gasteiger partial charge on any atom is -0.378 e. The molecule has 0 bridgehead atoms. The number of benzene rings is 1. The molecule has 1 saturated heterocycles. The third-order valence-electron chi connectivity index (χ3n) is 7.23. The number of aromatic nitrogens is 3. The minimum atomic E-state index is -4.84. The number of hydrogen-bond donors (Lipinski definition) is 1. The molecule has 1 saturated carbocycles. The smallest absolute Gasteiger partial charge is 0.378 e. The number of nitrogens with zero attached hydrogens (tertiary/aromatic N) is 4. The zero-order chi connectivity index (χ0) is 26.7. The Bertz CT molecular complexity index is 1490. The molecule has 3 aromatic rings. The van der Waals surface area contributed by atoms with Gasteiger partial charge in [0, 0.05) is 37.4 Å². The van der Waals surface area contributed by atoms with Crippen molar-refractivity contribution in [3.63, 3.8) is 0 Å². The van der Waals surface area contributed by atoms with Crippen molar-refractivity contribution < 1.29 is 22.3 Å². The molecule has 37 heavy (non-hydrogen) atoms. The number of nitrogens with one attached hydrogen (secondary N) is 1. The monoisotopic (exact) mass is 521 g/mol. The lowest BCUT2D eigenvalue weighted by molar-refractivity contribution is -0.140. The van der Waals surface area contributed by atoms with Gasteiger partial charge in [0.15, 0.2) is 5.82 Å². The van der Waals surface area contributed by atoms with Gasteiger partial charge in [0.2, 0.25) is 0 Å². The Morgan fingerprint density at radius 2 is 1.81 bits per heavy atom. The summed E-state index contributed by atoms with van der Waals surface area (Å²) in [6.45, 7) is 5.10. The second-order valence-electron chi connectivity index (χ2n) is 9.89. The molecule has 1 aliphatic heterocycles. The van der Waals surface area contributed by atoms with Gasteiger partial charge in [-0.2, -0.15) is 18.3 Å². The molecule has 2 aliphatic rings. The van der Waals surface area contributed by atoms with Crippen molar-refractivity contribution in [1.29, 1.82) is 0 Å². The summed E-state index contributed by atoms with van der Waals surface area (Å²) in [5, 5.41) is 7.82. The molecule has 12 heteroatoms. The zero-order valence-corrected chi connectivity index (χ0v) is 20.7. The molecule has 5 rings (SSSR count). The van der Waals surface area contributed by atoms with Crippen LogP contribution in [0.15, 0.2) is 34.0 Å². The van der Waals surface area contributed by atoms with Crippen molar-refractivity contribution in [1.82, 2.24) is 14.3 Å². The third-order valence-corrected chi connectivity index (χ3v) is 7.23. The van der Waals surface area contributed by atoms with Crippen molar-refractivity contribution >= 4 is 22.3 Å². The van der Waals surface area contributed by atoms with Crippen LogP contribution >= 0.6 is 0 Å². The Labute approximate surface area is 209 Å². The van der Waals surface area contributed by atoms with Crippen molar-refractivity contribution in [2.75, 3.05) is 36.5 Å². The number of anilines is 2. The summed E-state index contributed by atoms with van der Waals surface area (Å²) in [7, 11) is 1.43. The fourth-order valence-electron chi connectivity index (χ4n) is 4.80. The highest BCUT2D eigenvalue weighted by molar-refractivity contribution is 5.99. The van der Waals surface area contributed by atoms with Crippen molar-refractivity contribution in [2.24, 2.45) is 7.05 Å². The quantitative estimate of drug-likeness (QED) is 0.515. The lowest BCUT2D eigenvalue weighted by Crippen LogP contribution is -2.43. The predicted molar refractivity (Wildman–Crippen MR) is 131 cm³/mol. The molecule has 0 unspecified atom stereocenters. The van der Waals surface area contributed by atoms with E-state index in [4.69, 9.17) is 4.74 Å². The van der Waals surface area contributed by atoms with Crippen LogP contribution in [0.3, 0.4) is 0 Å². The van der Waals surface area contributed by atoms with Crippen LogP contribution in [0.25, 0.3) is 10.8 Å². The maximum absolute atomic E-state index is 14.9. The first-order chi connectivity index (χ1) is 17.4. The van der Waals surface area contributed by atoms with E-state index in [0.717, 1.165) is 23.6 Å². The van der Waals surface area contributed by atoms with Crippen LogP contribution in [0.5, 0.6) is 0 Å². The van der Waals surface area contributed by atoms with Crippen LogP contribution in [-0.2, 0) is 23.5 Å². The molecule has 1 N–H and O–H groups in total. The van der Waals surface area contributed by atoms with Gasteiger partial charge in [-0.3, -0.25) is 9.59 Å². The normalized spacial score (nSPS) is 18.2. The van der Waals surface area contributed by atoms with Crippen LogP contribution in [0.4, 0.5) is 29.1 Å². The highest BCUT2D eigenvalue weighted by Crippen LogP contribution is 2.43. The van der Waals surface area contributed by atoms with Crippen molar-refractivity contribution in [3.8, 4) is 0 Å². The van der Waals surface area contributed by atoms with Gasteiger partial charge >= 0.3 is 6.18 Å². The van der Waals surface area contributed by atoms with E-state index in [2.05, 4.69) is 10.4 Å². The topological polar surface area (TPSA) is 81.4 Å². The summed E-state index contributed by atoms with van der Waals surface area (Å²) >= 11 is 0. The van der Waals surface area contributed by atoms with E-state index in [-0.39, 0.29) is 28.0 Å². The Morgan fingerprint density at radius 1 is 1.14 bits per heavy atom. The van der Waals surface area contributed by atoms with E-state index < -0.39 is 34.7 Å². The maximum Gasteiger partial charge on any atom is 0.419 e. The number of alkyl halides is 3. The van der Waals surface area contributed by atoms with Crippen LogP contribution in [0.1, 0.15) is 43.9 Å². The average Bonchev–Trinajstić information content (AvgIpc) is 3.59. The van der Waals surface area contributed by atoms with Gasteiger partial charge in [-0.05, 0) is 32.8 Å². The van der Waals surface area contributed by atoms with E-state index in [9.17, 15) is 27.2 Å². The van der Waals surface area contributed by atoms with Crippen LogP contribution in [0.2, 0.25) is 0 Å². The number of pyridine rings is 1. The molecule has 0 spiro atoms. The van der Waals surface area contributed by atoms with Crippen LogP contribution in [0, 0.1) is 5.82 Å². The summed E-state index contributed by atoms with van der Waals surface area (Å²) in [5.41, 5.74) is -2.50. The van der Waals surface area contributed by atoms with E-state index >= 15 is 0 Å². The molecule has 1 atom stereocenters. The average molecular weight is 522 g/mol. The zero-order valence-electron chi connectivity index (χ0n) is 20.7. The number of hydrogen-bond acceptors (Lipinski definition) is 6. The molecular weight excluding hydrogens is 494 g/mol. The predicted octanol–water partition coefficient (Wildman–Crippen LogP) is 3.77. The molecule has 198 valence electrons. The van der Waals surface area contributed by atoms with Gasteiger partial charge in [-0.25, -0.2) is 9.07 Å². The van der Waals surface area contributed by atoms with Gasteiger partial charge in [0.05, 0.1) is 35.6 Å². The third kappa shape index (κ3) is 4.36. The Kier molecular flexibility index (Phi) is 6.05. The summed E-state index contributed by atoms with van der Waals surface area (Å²) in [5.74, 6) is -1.21. The van der Waals surface area contributed by atoms with E-state index in [1.807, 2.05) is 11.8 Å². The molecule has 1 aromatic carbocycles. The number of rotatable bonds is 5. The van der Waals surface area contributed by atoms with Crippen molar-refractivity contribution in [2.45, 2.75) is 44.4 Å². The van der Waals surface area contributed by atoms with Gasteiger partial charge in [-0.1, -0.05) is 12.1 Å². The van der Waals surface area contributed by atoms with Gasteiger partial charge in [0.25, 0.3) is 11.1 Å². The number of aryl methyl sites for hydroxylation is 1. The minimum absolute atomic E-state index is 0.157. The summed E-state index contributed by atoms with van der Waals surface area (Å²) in [6.07, 6.45) is -1.69. The highest BCUT2D eigenvalue weighted by atomic mass is 19.4. The van der Waals surface area contributed by atoms with Crippen LogP contribution in [-0.4, -0.2) is 40.7 Å². The molecular formula is C25H27F4N5O3. The molecule has 2 aromatic heterocycles. The SMILES string of the molecule is C[C@@H](Nc1nn(C)c(=O)c2c(N3CCOCC3)c(=O)n(C3(C)CC3)cc12)c1cccc(C(F)(F)F)c1F. The molecule has 1 aliphatic carbocycles. The largest absolute Gasteiger partial charge is 0.419 e. The fraction of sp³-hybridized carbons (Fsp3) is 0.480. The molecule has 0 amide bonds. The maximum atomic E-state index is 14.9. The molecule has 2 fully saturated rings. The lowest BCUT2D eigenvalue weighted by Gasteiger charge is -2.30. The summed E-state index contributed by atoms with van der Waals surface area (Å²) in [6, 6.07) is 2.18. The Balaban J connectivity index is 1.70. The number of ether oxygens (including phenoxy) is 1. The van der Waals surface area contributed by atoms with E-state index in [1.54, 1.807) is 10.8 Å². The molecule has 3 heterocycles. The van der Waals surface area contributed by atoms with Gasteiger partial charge < -0.3 is 19.5 Å². The Hall–Kier alpha value is -3.41. The number of morpholine rings is 1. The molecule has 8 nitrogen and oxygen atoms in total. The van der Waals surface area contributed by atoms with Gasteiger partial charge in [-0.15, -0.1) is 0 Å². The van der Waals surface area contributed by atoms with Crippen LogP contribution < -0.4 is 21.3 Å². The van der Waals surface area contributed by atoms with E-state index in [1.165, 1.54) is 20.0 Å². The van der Waals surface area contributed by atoms with E-state index in [0.29, 0.717) is 37.8 Å². The first kappa shape index (κ1) is 25.2. The highest BCUT2D eigenvalue weighted by Gasteiger charge is 2.42. The van der Waals surface area contributed by atoms with Gasteiger partial charge in [0.1, 0.15) is 11.5 Å². The summed E-state index contributed by atoms with van der Waals surface area (Å²) < 4.78 is 62.9.